The van der Waals surface area contributed by atoms with Crippen LogP contribution in [0.5, 0.6) is 5.75 Å². The zero-order valence-corrected chi connectivity index (χ0v) is 13.0. The fourth-order valence-corrected chi connectivity index (χ4v) is 2.16. The van der Waals surface area contributed by atoms with Gasteiger partial charge in [-0.2, -0.15) is 4.68 Å². The third-order valence-corrected chi connectivity index (χ3v) is 3.30. The number of anilines is 1. The molecule has 0 spiro atoms. The largest absolute Gasteiger partial charge is 0.495 e. The molecule has 8 heteroatoms. The molecule has 2 aromatic carbocycles. The van der Waals surface area contributed by atoms with Crippen molar-refractivity contribution >= 4 is 11.7 Å². The van der Waals surface area contributed by atoms with Crippen molar-refractivity contribution in [1.82, 2.24) is 25.5 Å². The highest BCUT2D eigenvalue weighted by atomic mass is 16.5. The summed E-state index contributed by atoms with van der Waals surface area (Å²) in [7, 11) is 1.55. The minimum absolute atomic E-state index is 0.183. The van der Waals surface area contributed by atoms with E-state index in [0.29, 0.717) is 17.3 Å². The summed E-state index contributed by atoms with van der Waals surface area (Å²) < 4.78 is 6.77. The predicted molar refractivity (Wildman–Crippen MR) is 88.0 cm³/mol. The molecule has 122 valence electrons. The second kappa shape index (κ2) is 7.23. The number of para-hydroxylation sites is 3. The standard InChI is InChI=1S/C16H16N6O2/c1-24-14-10-6-5-9-13(14)18-16(23)17-11-15-19-20-21-22(15)12-7-3-2-4-8-12/h2-10H,11H2,1H3,(H2,17,18,23). The molecule has 1 aromatic heterocycles. The molecule has 0 aliphatic carbocycles. The van der Waals surface area contributed by atoms with Crippen molar-refractivity contribution in [2.75, 3.05) is 12.4 Å². The number of aromatic nitrogens is 4. The quantitative estimate of drug-likeness (QED) is 0.748. The van der Waals surface area contributed by atoms with Crippen LogP contribution in [-0.2, 0) is 6.54 Å². The number of amides is 2. The van der Waals surface area contributed by atoms with Gasteiger partial charge in [0.15, 0.2) is 5.82 Å². The molecule has 2 N–H and O–H groups in total. The second-order valence-electron chi connectivity index (χ2n) is 4.85. The summed E-state index contributed by atoms with van der Waals surface area (Å²) in [5.74, 6) is 1.11. The van der Waals surface area contributed by atoms with E-state index in [1.165, 1.54) is 0 Å². The lowest BCUT2D eigenvalue weighted by Gasteiger charge is -2.10. The van der Waals surface area contributed by atoms with E-state index in [0.717, 1.165) is 5.69 Å². The molecule has 0 atom stereocenters. The Kier molecular flexibility index (Phi) is 4.66. The average molecular weight is 324 g/mol. The smallest absolute Gasteiger partial charge is 0.319 e. The summed E-state index contributed by atoms with van der Waals surface area (Å²) in [6.45, 7) is 0.183. The minimum Gasteiger partial charge on any atom is -0.495 e. The molecule has 0 radical (unpaired) electrons. The number of ether oxygens (including phenoxy) is 1. The molecular weight excluding hydrogens is 308 g/mol. The monoisotopic (exact) mass is 324 g/mol. The molecule has 0 unspecified atom stereocenters. The first-order chi connectivity index (χ1) is 11.8. The van der Waals surface area contributed by atoms with E-state index in [-0.39, 0.29) is 12.6 Å². The van der Waals surface area contributed by atoms with Crippen LogP contribution in [0, 0.1) is 0 Å². The maximum atomic E-state index is 12.1. The fourth-order valence-electron chi connectivity index (χ4n) is 2.16. The predicted octanol–water partition coefficient (Wildman–Crippen LogP) is 1.99. The summed E-state index contributed by atoms with van der Waals surface area (Å²) in [6, 6.07) is 16.3. The van der Waals surface area contributed by atoms with Crippen LogP contribution in [0.2, 0.25) is 0 Å². The van der Waals surface area contributed by atoms with Gasteiger partial charge in [-0.1, -0.05) is 30.3 Å². The molecule has 24 heavy (non-hydrogen) atoms. The van der Waals surface area contributed by atoms with Gasteiger partial charge in [0.05, 0.1) is 25.0 Å². The number of rotatable bonds is 5. The third kappa shape index (κ3) is 3.49. The van der Waals surface area contributed by atoms with Crippen LogP contribution < -0.4 is 15.4 Å². The summed E-state index contributed by atoms with van der Waals surface area (Å²) in [6.07, 6.45) is 0. The lowest BCUT2D eigenvalue weighted by Crippen LogP contribution is -2.29. The van der Waals surface area contributed by atoms with E-state index in [1.54, 1.807) is 23.9 Å². The van der Waals surface area contributed by atoms with E-state index in [9.17, 15) is 4.79 Å². The Balaban J connectivity index is 1.64. The highest BCUT2D eigenvalue weighted by molar-refractivity contribution is 5.90. The number of urea groups is 1. The van der Waals surface area contributed by atoms with Gasteiger partial charge in [-0.25, -0.2) is 4.79 Å². The lowest BCUT2D eigenvalue weighted by molar-refractivity contribution is 0.251. The molecule has 0 fully saturated rings. The molecule has 0 saturated carbocycles. The Morgan fingerprint density at radius 1 is 1.12 bits per heavy atom. The molecular formula is C16H16N6O2. The Morgan fingerprint density at radius 2 is 1.88 bits per heavy atom. The molecule has 0 aliphatic heterocycles. The topological polar surface area (TPSA) is 94.0 Å². The van der Waals surface area contributed by atoms with Crippen LogP contribution in [0.3, 0.4) is 0 Å². The van der Waals surface area contributed by atoms with Crippen molar-refractivity contribution in [3.05, 3.63) is 60.4 Å². The number of tetrazole rings is 1. The normalized spacial score (nSPS) is 10.2. The number of methoxy groups -OCH3 is 1. The molecule has 8 nitrogen and oxygen atoms in total. The van der Waals surface area contributed by atoms with Gasteiger partial charge in [-0.15, -0.1) is 5.10 Å². The van der Waals surface area contributed by atoms with Crippen molar-refractivity contribution in [3.8, 4) is 11.4 Å². The number of carbonyl (C=O) groups is 1. The van der Waals surface area contributed by atoms with Gasteiger partial charge < -0.3 is 15.4 Å². The second-order valence-corrected chi connectivity index (χ2v) is 4.85. The summed E-state index contributed by atoms with van der Waals surface area (Å²) in [4.78, 5) is 12.1. The van der Waals surface area contributed by atoms with Crippen molar-refractivity contribution in [1.29, 1.82) is 0 Å². The first-order valence-corrected chi connectivity index (χ1v) is 7.28. The molecule has 0 saturated heterocycles. The first-order valence-electron chi connectivity index (χ1n) is 7.28. The van der Waals surface area contributed by atoms with Gasteiger partial charge in [0.1, 0.15) is 5.75 Å². The van der Waals surface area contributed by atoms with Crippen LogP contribution >= 0.6 is 0 Å². The Labute approximate surface area is 138 Å². The van der Waals surface area contributed by atoms with Gasteiger partial charge in [0.2, 0.25) is 0 Å². The summed E-state index contributed by atoms with van der Waals surface area (Å²) in [5.41, 5.74) is 1.41. The van der Waals surface area contributed by atoms with Gasteiger partial charge in [0.25, 0.3) is 0 Å². The molecule has 3 aromatic rings. The van der Waals surface area contributed by atoms with E-state index in [4.69, 9.17) is 4.74 Å². The van der Waals surface area contributed by atoms with E-state index in [2.05, 4.69) is 26.2 Å². The van der Waals surface area contributed by atoms with Gasteiger partial charge in [0, 0.05) is 0 Å². The highest BCUT2D eigenvalue weighted by Crippen LogP contribution is 2.22. The number of hydrogen-bond acceptors (Lipinski definition) is 5. The first kappa shape index (κ1) is 15.5. The van der Waals surface area contributed by atoms with Crippen molar-refractivity contribution in [2.24, 2.45) is 0 Å². The molecule has 0 aliphatic rings. The summed E-state index contributed by atoms with van der Waals surface area (Å²) >= 11 is 0. The highest BCUT2D eigenvalue weighted by Gasteiger charge is 2.11. The van der Waals surface area contributed by atoms with E-state index < -0.39 is 0 Å². The number of nitrogens with one attached hydrogen (secondary N) is 2. The molecule has 3 rings (SSSR count). The van der Waals surface area contributed by atoms with Gasteiger partial charge >= 0.3 is 6.03 Å². The van der Waals surface area contributed by atoms with Crippen LogP contribution in [0.1, 0.15) is 5.82 Å². The lowest BCUT2D eigenvalue weighted by atomic mass is 10.3. The van der Waals surface area contributed by atoms with Crippen molar-refractivity contribution < 1.29 is 9.53 Å². The molecule has 0 bridgehead atoms. The summed E-state index contributed by atoms with van der Waals surface area (Å²) in [5, 5.41) is 17.0. The van der Waals surface area contributed by atoms with Crippen LogP contribution in [0.25, 0.3) is 5.69 Å². The third-order valence-electron chi connectivity index (χ3n) is 3.30. The Bertz CT molecular complexity index is 818. The zero-order chi connectivity index (χ0) is 16.8. The Hall–Kier alpha value is -3.42. The fraction of sp³-hybridized carbons (Fsp3) is 0.125. The number of hydrogen-bond donors (Lipinski definition) is 2. The van der Waals surface area contributed by atoms with E-state index >= 15 is 0 Å². The maximum absolute atomic E-state index is 12.1. The average Bonchev–Trinajstić information content (AvgIpc) is 3.10. The minimum atomic E-state index is -0.373. The molecule has 2 amide bonds. The SMILES string of the molecule is COc1ccccc1NC(=O)NCc1nnnn1-c1ccccc1. The van der Waals surface area contributed by atoms with Crippen LogP contribution in [0.15, 0.2) is 54.6 Å². The van der Waals surface area contributed by atoms with Crippen LogP contribution in [0.4, 0.5) is 10.5 Å². The van der Waals surface area contributed by atoms with Crippen molar-refractivity contribution in [2.45, 2.75) is 6.54 Å². The van der Waals surface area contributed by atoms with Crippen LogP contribution in [-0.4, -0.2) is 33.3 Å². The number of carbonyl (C=O) groups excluding carboxylic acids is 1. The van der Waals surface area contributed by atoms with Gasteiger partial charge in [-0.05, 0) is 34.7 Å². The van der Waals surface area contributed by atoms with E-state index in [1.807, 2.05) is 42.5 Å². The maximum Gasteiger partial charge on any atom is 0.319 e. The van der Waals surface area contributed by atoms with Gasteiger partial charge in [-0.3, -0.25) is 0 Å². The zero-order valence-electron chi connectivity index (χ0n) is 13.0. The Morgan fingerprint density at radius 3 is 2.67 bits per heavy atom. The number of benzene rings is 2. The number of nitrogens with zero attached hydrogens (tertiary/aromatic N) is 4. The molecule has 1 heterocycles. The van der Waals surface area contributed by atoms with Crippen molar-refractivity contribution in [3.63, 3.8) is 0 Å².